The highest BCUT2D eigenvalue weighted by atomic mass is 15.3. The standard InChI is InChI=1S/C18H28N8/c1-14-6-7-26(13-14)18-5-4-15(10-24-18)9-23-17(25-21-3)12-22-16(8-19)11-20-2/h4-5,8,10-11,14,22H,3,6-7,9,12-13,19H2,1-2H3,(H,23,25)/b16-8+,20-11?. The fourth-order valence-electron chi connectivity index (χ4n) is 2.72. The van der Waals surface area contributed by atoms with E-state index < -0.39 is 0 Å². The number of nitrogens with zero attached hydrogens (tertiary/aromatic N) is 5. The van der Waals surface area contributed by atoms with Crippen molar-refractivity contribution < 1.29 is 0 Å². The summed E-state index contributed by atoms with van der Waals surface area (Å²) in [4.78, 5) is 15.4. The first-order chi connectivity index (χ1) is 12.7. The molecular weight excluding hydrogens is 328 g/mol. The second kappa shape index (κ2) is 10.2. The van der Waals surface area contributed by atoms with E-state index in [0.29, 0.717) is 24.6 Å². The van der Waals surface area contributed by atoms with Gasteiger partial charge in [-0.1, -0.05) is 13.0 Å². The zero-order valence-electron chi connectivity index (χ0n) is 15.5. The monoisotopic (exact) mass is 356 g/mol. The molecule has 0 aliphatic carbocycles. The Morgan fingerprint density at radius 1 is 1.50 bits per heavy atom. The molecule has 140 valence electrons. The second-order valence-electron chi connectivity index (χ2n) is 6.26. The number of hydrogen-bond donors (Lipinski definition) is 3. The normalized spacial score (nSPS) is 18.4. The van der Waals surface area contributed by atoms with E-state index in [2.05, 4.69) is 61.5 Å². The lowest BCUT2D eigenvalue weighted by atomic mass is 10.2. The minimum absolute atomic E-state index is 0.436. The van der Waals surface area contributed by atoms with Crippen LogP contribution in [0.2, 0.25) is 0 Å². The maximum Gasteiger partial charge on any atom is 0.137 e. The third-order valence-corrected chi connectivity index (χ3v) is 4.13. The summed E-state index contributed by atoms with van der Waals surface area (Å²) < 4.78 is 0. The van der Waals surface area contributed by atoms with Gasteiger partial charge in [0.05, 0.1) is 18.8 Å². The van der Waals surface area contributed by atoms with Crippen LogP contribution < -0.4 is 21.4 Å². The smallest absolute Gasteiger partial charge is 0.137 e. The lowest BCUT2D eigenvalue weighted by Gasteiger charge is -2.16. The molecule has 0 radical (unpaired) electrons. The lowest BCUT2D eigenvalue weighted by Crippen LogP contribution is -2.31. The molecule has 2 rings (SSSR count). The van der Waals surface area contributed by atoms with Crippen molar-refractivity contribution in [2.24, 2.45) is 26.7 Å². The van der Waals surface area contributed by atoms with E-state index in [-0.39, 0.29) is 0 Å². The van der Waals surface area contributed by atoms with Crippen molar-refractivity contribution >= 4 is 24.6 Å². The molecule has 1 saturated heterocycles. The van der Waals surface area contributed by atoms with Crippen LogP contribution in [-0.2, 0) is 6.54 Å². The van der Waals surface area contributed by atoms with Gasteiger partial charge in [0.15, 0.2) is 0 Å². The summed E-state index contributed by atoms with van der Waals surface area (Å²) >= 11 is 0. The Kier molecular flexibility index (Phi) is 7.60. The quantitative estimate of drug-likeness (QED) is 0.368. The van der Waals surface area contributed by atoms with Crippen LogP contribution in [0.4, 0.5) is 5.82 Å². The van der Waals surface area contributed by atoms with Crippen LogP contribution in [0, 0.1) is 5.92 Å². The summed E-state index contributed by atoms with van der Waals surface area (Å²) in [5.41, 5.74) is 10.1. The van der Waals surface area contributed by atoms with E-state index >= 15 is 0 Å². The van der Waals surface area contributed by atoms with Crippen LogP contribution in [0.5, 0.6) is 0 Å². The van der Waals surface area contributed by atoms with E-state index in [1.54, 1.807) is 13.3 Å². The third-order valence-electron chi connectivity index (χ3n) is 4.13. The van der Waals surface area contributed by atoms with E-state index in [1.807, 2.05) is 6.20 Å². The highest BCUT2D eigenvalue weighted by molar-refractivity contribution is 5.86. The summed E-state index contributed by atoms with van der Waals surface area (Å²) in [7, 11) is 1.68. The summed E-state index contributed by atoms with van der Waals surface area (Å²) in [6.45, 7) is 8.82. The molecule has 0 spiro atoms. The van der Waals surface area contributed by atoms with Crippen molar-refractivity contribution in [1.29, 1.82) is 0 Å². The van der Waals surface area contributed by atoms with Crippen LogP contribution in [0.1, 0.15) is 18.9 Å². The minimum Gasteiger partial charge on any atom is -0.403 e. The number of aliphatic imine (C=N–C) groups is 2. The maximum atomic E-state index is 5.53. The molecule has 2 heterocycles. The van der Waals surface area contributed by atoms with Gasteiger partial charge in [0.2, 0.25) is 0 Å². The molecule has 1 fully saturated rings. The van der Waals surface area contributed by atoms with Gasteiger partial charge in [-0.3, -0.25) is 15.4 Å². The predicted octanol–water partition coefficient (Wildman–Crippen LogP) is 1.12. The highest BCUT2D eigenvalue weighted by Crippen LogP contribution is 2.21. The third kappa shape index (κ3) is 5.87. The molecule has 1 aliphatic rings. The van der Waals surface area contributed by atoms with E-state index in [0.717, 1.165) is 30.4 Å². The predicted molar refractivity (Wildman–Crippen MR) is 109 cm³/mol. The van der Waals surface area contributed by atoms with Crippen LogP contribution in [0.15, 0.2) is 45.3 Å². The Morgan fingerprint density at radius 3 is 2.92 bits per heavy atom. The van der Waals surface area contributed by atoms with Gasteiger partial charge in [-0.15, -0.1) is 0 Å². The van der Waals surface area contributed by atoms with E-state index in [1.165, 1.54) is 12.6 Å². The number of hydrogen-bond acceptors (Lipinski definition) is 7. The molecule has 1 aromatic rings. The first kappa shape index (κ1) is 19.4. The Bertz CT molecular complexity index is 662. The van der Waals surface area contributed by atoms with Gasteiger partial charge in [0, 0.05) is 45.5 Å². The molecule has 8 nitrogen and oxygen atoms in total. The van der Waals surface area contributed by atoms with Crippen molar-refractivity contribution in [2.75, 3.05) is 31.6 Å². The van der Waals surface area contributed by atoms with Crippen molar-refractivity contribution in [3.05, 3.63) is 35.8 Å². The molecule has 1 aliphatic heterocycles. The zero-order valence-corrected chi connectivity index (χ0v) is 15.5. The summed E-state index contributed by atoms with van der Waals surface area (Å²) in [6, 6.07) is 4.13. The summed E-state index contributed by atoms with van der Waals surface area (Å²) in [5, 5.41) is 6.82. The van der Waals surface area contributed by atoms with E-state index in [4.69, 9.17) is 5.73 Å². The van der Waals surface area contributed by atoms with Crippen molar-refractivity contribution in [1.82, 2.24) is 15.7 Å². The van der Waals surface area contributed by atoms with Gasteiger partial charge >= 0.3 is 0 Å². The molecule has 0 aromatic carbocycles. The highest BCUT2D eigenvalue weighted by Gasteiger charge is 2.19. The number of hydrazone groups is 1. The Labute approximate surface area is 155 Å². The van der Waals surface area contributed by atoms with Crippen LogP contribution in [0.25, 0.3) is 0 Å². The SMILES string of the molecule is C=NNC(CN/C(C=NC)=C/N)=NCc1ccc(N2CCC(C)C2)nc1. The minimum atomic E-state index is 0.436. The number of allylic oxidation sites excluding steroid dienone is 1. The van der Waals surface area contributed by atoms with Crippen LogP contribution >= 0.6 is 0 Å². The first-order valence-corrected chi connectivity index (χ1v) is 8.69. The fourth-order valence-corrected chi connectivity index (χ4v) is 2.72. The van der Waals surface area contributed by atoms with Gasteiger partial charge in [-0.05, 0) is 24.0 Å². The fraction of sp³-hybridized carbons (Fsp3) is 0.444. The molecule has 1 atom stereocenters. The van der Waals surface area contributed by atoms with Crippen molar-refractivity contribution in [3.63, 3.8) is 0 Å². The van der Waals surface area contributed by atoms with Gasteiger partial charge in [0.25, 0.3) is 0 Å². The Morgan fingerprint density at radius 2 is 2.35 bits per heavy atom. The molecule has 1 unspecified atom stereocenters. The average molecular weight is 356 g/mol. The summed E-state index contributed by atoms with van der Waals surface area (Å²) in [6.07, 6.45) is 6.20. The molecule has 26 heavy (non-hydrogen) atoms. The van der Waals surface area contributed by atoms with Crippen molar-refractivity contribution in [2.45, 2.75) is 19.9 Å². The van der Waals surface area contributed by atoms with Crippen LogP contribution in [0.3, 0.4) is 0 Å². The molecule has 0 bridgehead atoms. The number of nitrogens with two attached hydrogens (primary N) is 1. The molecule has 0 amide bonds. The number of pyridine rings is 1. The zero-order chi connectivity index (χ0) is 18.8. The van der Waals surface area contributed by atoms with Gasteiger partial charge in [0.1, 0.15) is 11.7 Å². The Hall–Kier alpha value is -2.90. The topological polar surface area (TPSA) is 103 Å². The molecule has 1 aromatic heterocycles. The van der Waals surface area contributed by atoms with E-state index in [9.17, 15) is 0 Å². The van der Waals surface area contributed by atoms with Crippen LogP contribution in [-0.4, -0.2) is 50.4 Å². The summed E-state index contributed by atoms with van der Waals surface area (Å²) in [5.74, 6) is 2.42. The number of aromatic nitrogens is 1. The average Bonchev–Trinajstić information content (AvgIpc) is 3.09. The van der Waals surface area contributed by atoms with Crippen molar-refractivity contribution in [3.8, 4) is 0 Å². The first-order valence-electron chi connectivity index (χ1n) is 8.69. The largest absolute Gasteiger partial charge is 0.403 e. The van der Waals surface area contributed by atoms with Gasteiger partial charge in [-0.25, -0.2) is 4.98 Å². The Balaban J connectivity index is 1.94. The number of rotatable bonds is 8. The number of anilines is 1. The second-order valence-corrected chi connectivity index (χ2v) is 6.26. The molecule has 4 N–H and O–H groups in total. The van der Waals surface area contributed by atoms with Gasteiger partial charge < -0.3 is 16.0 Å². The number of amidine groups is 1. The molecule has 0 saturated carbocycles. The number of nitrogens with one attached hydrogen (secondary N) is 2. The maximum absolute atomic E-state index is 5.53. The molecule has 8 heteroatoms. The lowest BCUT2D eigenvalue weighted by molar-refractivity contribution is 0.659. The molecular formula is C18H28N8. The van der Waals surface area contributed by atoms with Gasteiger partial charge in [-0.2, -0.15) is 5.10 Å².